The Labute approximate surface area is 107 Å². The summed E-state index contributed by atoms with van der Waals surface area (Å²) in [7, 11) is 0. The van der Waals surface area contributed by atoms with Crippen LogP contribution in [0.15, 0.2) is 24.3 Å². The van der Waals surface area contributed by atoms with Crippen molar-refractivity contribution in [2.45, 2.75) is 27.2 Å². The fourth-order valence-electron chi connectivity index (χ4n) is 1.60. The number of hydrogen-bond donors (Lipinski definition) is 1. The number of aromatic nitrogens is 2. The van der Waals surface area contributed by atoms with Crippen molar-refractivity contribution in [2.24, 2.45) is 0 Å². The maximum atomic E-state index is 5.71. The molecule has 94 valence electrons. The molecule has 0 aliphatic rings. The van der Waals surface area contributed by atoms with Crippen LogP contribution < -0.4 is 10.5 Å². The van der Waals surface area contributed by atoms with Crippen molar-refractivity contribution in [3.05, 3.63) is 41.2 Å². The monoisotopic (exact) mass is 243 g/mol. The number of hydrogen-bond acceptors (Lipinski definition) is 4. The van der Waals surface area contributed by atoms with Crippen LogP contribution in [0.5, 0.6) is 11.6 Å². The Morgan fingerprint density at radius 1 is 1.11 bits per heavy atom. The number of nitrogens with zero attached hydrogens (tertiary/aromatic N) is 2. The van der Waals surface area contributed by atoms with Crippen molar-refractivity contribution in [2.75, 3.05) is 5.73 Å². The molecule has 0 aliphatic carbocycles. The highest BCUT2D eigenvalue weighted by atomic mass is 16.5. The van der Waals surface area contributed by atoms with Gasteiger partial charge >= 0.3 is 0 Å². The number of aryl methyl sites for hydroxylation is 3. The predicted octanol–water partition coefficient (Wildman–Crippen LogP) is 3.03. The molecule has 0 aliphatic heterocycles. The van der Waals surface area contributed by atoms with Gasteiger partial charge in [-0.1, -0.05) is 13.0 Å². The third-order valence-electron chi connectivity index (χ3n) is 2.79. The average molecular weight is 243 g/mol. The highest BCUT2D eigenvalue weighted by molar-refractivity contribution is 5.38. The van der Waals surface area contributed by atoms with Gasteiger partial charge in [-0.25, -0.2) is 4.98 Å². The van der Waals surface area contributed by atoms with E-state index >= 15 is 0 Å². The van der Waals surface area contributed by atoms with Crippen LogP contribution in [0.1, 0.15) is 23.9 Å². The van der Waals surface area contributed by atoms with Crippen molar-refractivity contribution in [3.63, 3.8) is 0 Å². The smallest absolute Gasteiger partial charge is 0.224 e. The molecule has 2 N–H and O–H groups in total. The summed E-state index contributed by atoms with van der Waals surface area (Å²) < 4.78 is 5.71. The Morgan fingerprint density at radius 2 is 1.89 bits per heavy atom. The highest BCUT2D eigenvalue weighted by Gasteiger charge is 2.04. The standard InChI is InChI=1S/C14H17N3O/c1-4-13-16-12(15)8-14(17-13)18-11-6-5-9(2)10(3)7-11/h5-8H,4H2,1-3H3,(H2,15,16,17). The summed E-state index contributed by atoms with van der Waals surface area (Å²) in [5.74, 6) is 2.37. The summed E-state index contributed by atoms with van der Waals surface area (Å²) in [4.78, 5) is 8.40. The number of nitrogen functional groups attached to an aromatic ring is 1. The van der Waals surface area contributed by atoms with E-state index in [1.807, 2.05) is 32.0 Å². The van der Waals surface area contributed by atoms with Gasteiger partial charge in [-0.15, -0.1) is 0 Å². The Hall–Kier alpha value is -2.10. The number of rotatable bonds is 3. The average Bonchev–Trinajstić information content (AvgIpc) is 2.33. The van der Waals surface area contributed by atoms with Crippen LogP contribution in [-0.2, 0) is 6.42 Å². The van der Waals surface area contributed by atoms with Crippen LogP contribution in [0, 0.1) is 13.8 Å². The molecule has 1 aromatic carbocycles. The number of anilines is 1. The molecule has 18 heavy (non-hydrogen) atoms. The fourth-order valence-corrected chi connectivity index (χ4v) is 1.60. The van der Waals surface area contributed by atoms with Gasteiger partial charge in [0.15, 0.2) is 0 Å². The van der Waals surface area contributed by atoms with Crippen molar-refractivity contribution in [1.82, 2.24) is 9.97 Å². The molecule has 4 nitrogen and oxygen atoms in total. The first-order chi connectivity index (χ1) is 8.58. The summed E-state index contributed by atoms with van der Waals surface area (Å²) in [5.41, 5.74) is 8.13. The van der Waals surface area contributed by atoms with E-state index in [4.69, 9.17) is 10.5 Å². The minimum Gasteiger partial charge on any atom is -0.439 e. The van der Waals surface area contributed by atoms with Crippen LogP contribution in [0.4, 0.5) is 5.82 Å². The van der Waals surface area contributed by atoms with Crippen molar-refractivity contribution >= 4 is 5.82 Å². The van der Waals surface area contributed by atoms with Crippen LogP contribution in [0.3, 0.4) is 0 Å². The molecular formula is C14H17N3O. The van der Waals surface area contributed by atoms with Gasteiger partial charge in [0, 0.05) is 12.5 Å². The molecule has 1 heterocycles. The molecule has 0 saturated heterocycles. The van der Waals surface area contributed by atoms with Gasteiger partial charge in [-0.3, -0.25) is 0 Å². The number of nitrogens with two attached hydrogens (primary N) is 1. The van der Waals surface area contributed by atoms with E-state index in [-0.39, 0.29) is 0 Å². The lowest BCUT2D eigenvalue weighted by Crippen LogP contribution is -2.00. The molecule has 2 aromatic rings. The lowest BCUT2D eigenvalue weighted by molar-refractivity contribution is 0.459. The molecule has 0 spiro atoms. The minimum atomic E-state index is 0.431. The Bertz CT molecular complexity index is 567. The van der Waals surface area contributed by atoms with Crippen molar-refractivity contribution in [1.29, 1.82) is 0 Å². The fraction of sp³-hybridized carbons (Fsp3) is 0.286. The van der Waals surface area contributed by atoms with Crippen LogP contribution in [0.25, 0.3) is 0 Å². The van der Waals surface area contributed by atoms with Gasteiger partial charge in [0.25, 0.3) is 0 Å². The van der Waals surface area contributed by atoms with E-state index in [0.717, 1.165) is 12.2 Å². The van der Waals surface area contributed by atoms with E-state index in [1.54, 1.807) is 6.07 Å². The van der Waals surface area contributed by atoms with Gasteiger partial charge in [0.2, 0.25) is 5.88 Å². The molecule has 0 radical (unpaired) electrons. The van der Waals surface area contributed by atoms with Gasteiger partial charge in [0.05, 0.1) is 0 Å². The zero-order valence-corrected chi connectivity index (χ0v) is 10.9. The van der Waals surface area contributed by atoms with Gasteiger partial charge < -0.3 is 10.5 Å². The van der Waals surface area contributed by atoms with Crippen LogP contribution in [0.2, 0.25) is 0 Å². The second-order valence-electron chi connectivity index (χ2n) is 4.25. The number of ether oxygens (including phenoxy) is 1. The first kappa shape index (κ1) is 12.4. The SMILES string of the molecule is CCc1nc(N)cc(Oc2ccc(C)c(C)c2)n1. The quantitative estimate of drug-likeness (QED) is 0.900. The molecule has 1 aromatic heterocycles. The first-order valence-electron chi connectivity index (χ1n) is 5.97. The third-order valence-corrected chi connectivity index (χ3v) is 2.79. The molecule has 0 amide bonds. The van der Waals surface area contributed by atoms with Crippen molar-refractivity contribution in [3.8, 4) is 11.6 Å². The van der Waals surface area contributed by atoms with Crippen molar-refractivity contribution < 1.29 is 4.74 Å². The summed E-state index contributed by atoms with van der Waals surface area (Å²) in [6.07, 6.45) is 0.730. The zero-order chi connectivity index (χ0) is 13.1. The normalized spacial score (nSPS) is 10.4. The lowest BCUT2D eigenvalue weighted by Gasteiger charge is -2.08. The van der Waals surface area contributed by atoms with Crippen LogP contribution >= 0.6 is 0 Å². The molecule has 4 heteroatoms. The second-order valence-corrected chi connectivity index (χ2v) is 4.25. The summed E-state index contributed by atoms with van der Waals surface area (Å²) in [5, 5.41) is 0. The predicted molar refractivity (Wildman–Crippen MR) is 71.8 cm³/mol. The molecule has 0 saturated carbocycles. The summed E-state index contributed by atoms with van der Waals surface area (Å²) in [6, 6.07) is 7.57. The molecule has 0 atom stereocenters. The van der Waals surface area contributed by atoms with Gasteiger partial charge in [-0.2, -0.15) is 4.98 Å². The van der Waals surface area contributed by atoms with Gasteiger partial charge in [0.1, 0.15) is 17.4 Å². The van der Waals surface area contributed by atoms with E-state index in [9.17, 15) is 0 Å². The molecular weight excluding hydrogens is 226 g/mol. The topological polar surface area (TPSA) is 61.0 Å². The Morgan fingerprint density at radius 3 is 2.56 bits per heavy atom. The lowest BCUT2D eigenvalue weighted by atomic mass is 10.1. The van der Waals surface area contributed by atoms with E-state index in [2.05, 4.69) is 16.9 Å². The zero-order valence-electron chi connectivity index (χ0n) is 10.9. The largest absolute Gasteiger partial charge is 0.439 e. The van der Waals surface area contributed by atoms with Gasteiger partial charge in [-0.05, 0) is 37.1 Å². The maximum Gasteiger partial charge on any atom is 0.224 e. The highest BCUT2D eigenvalue weighted by Crippen LogP contribution is 2.23. The Kier molecular flexibility index (Phi) is 3.46. The molecule has 0 unspecified atom stereocenters. The first-order valence-corrected chi connectivity index (χ1v) is 5.97. The summed E-state index contributed by atoms with van der Waals surface area (Å²) in [6.45, 7) is 6.10. The van der Waals surface area contributed by atoms with Crippen LogP contribution in [-0.4, -0.2) is 9.97 Å². The third kappa shape index (κ3) is 2.77. The summed E-state index contributed by atoms with van der Waals surface area (Å²) >= 11 is 0. The Balaban J connectivity index is 2.27. The van der Waals surface area contributed by atoms with E-state index < -0.39 is 0 Å². The molecule has 2 rings (SSSR count). The van der Waals surface area contributed by atoms with E-state index in [1.165, 1.54) is 11.1 Å². The molecule has 0 bridgehead atoms. The molecule has 0 fully saturated rings. The minimum absolute atomic E-state index is 0.431. The second kappa shape index (κ2) is 5.04. The number of benzene rings is 1. The maximum absolute atomic E-state index is 5.71. The van der Waals surface area contributed by atoms with E-state index in [0.29, 0.717) is 17.5 Å².